The number of quaternary nitrogens is 1. The Kier molecular flexibility index (Phi) is 5.39. The molecule has 0 bridgehead atoms. The van der Waals surface area contributed by atoms with Gasteiger partial charge in [-0.1, -0.05) is 44.2 Å². The van der Waals surface area contributed by atoms with Crippen molar-refractivity contribution in [3.8, 4) is 0 Å². The highest BCUT2D eigenvalue weighted by Gasteiger charge is 2.30. The monoisotopic (exact) mass is 365 g/mol. The van der Waals surface area contributed by atoms with E-state index in [0.717, 1.165) is 19.6 Å². The van der Waals surface area contributed by atoms with Gasteiger partial charge in [-0.05, 0) is 22.9 Å². The minimum absolute atomic E-state index is 0.454. The smallest absolute Gasteiger partial charge is 0.252 e. The Morgan fingerprint density at radius 3 is 2.33 bits per heavy atom. The van der Waals surface area contributed by atoms with Crippen LogP contribution in [0.2, 0.25) is 0 Å². The lowest BCUT2D eigenvalue weighted by atomic mass is 10.0. The molecule has 1 aromatic carbocycles. The number of benzene rings is 1. The Morgan fingerprint density at radius 1 is 1.12 bits per heavy atom. The topological polar surface area (TPSA) is 41.8 Å². The highest BCUT2D eigenvalue weighted by atomic mass is 32.2. The second-order valence-electron chi connectivity index (χ2n) is 6.66. The van der Waals surface area contributed by atoms with E-state index in [1.165, 1.54) is 27.4 Å². The van der Waals surface area contributed by atoms with Crippen LogP contribution < -0.4 is 4.90 Å². The molecule has 3 rings (SSSR count). The molecule has 0 atom stereocenters. The van der Waals surface area contributed by atoms with Gasteiger partial charge in [0.2, 0.25) is 0 Å². The first-order valence-corrected chi connectivity index (χ1v) is 10.7. The van der Waals surface area contributed by atoms with Crippen molar-refractivity contribution in [1.29, 1.82) is 0 Å². The first kappa shape index (κ1) is 17.6. The number of thiophene rings is 1. The summed E-state index contributed by atoms with van der Waals surface area (Å²) in [4.78, 5) is 1.45. The van der Waals surface area contributed by atoms with Crippen molar-refractivity contribution >= 4 is 21.4 Å². The van der Waals surface area contributed by atoms with Crippen LogP contribution in [0.3, 0.4) is 0 Å². The van der Waals surface area contributed by atoms with Gasteiger partial charge in [-0.3, -0.25) is 0 Å². The molecule has 2 aromatic rings. The summed E-state index contributed by atoms with van der Waals surface area (Å²) in [7, 11) is -3.29. The van der Waals surface area contributed by atoms with Gasteiger partial charge in [0.05, 0.1) is 26.2 Å². The van der Waals surface area contributed by atoms with Gasteiger partial charge in [-0.15, -0.1) is 11.3 Å². The minimum Gasteiger partial charge on any atom is -0.329 e. The molecule has 1 N–H and O–H groups in total. The molecule has 0 unspecified atom stereocenters. The van der Waals surface area contributed by atoms with E-state index < -0.39 is 10.0 Å². The Morgan fingerprint density at radius 2 is 1.79 bits per heavy atom. The summed E-state index contributed by atoms with van der Waals surface area (Å²) in [6, 6.07) is 12.3. The molecule has 0 saturated carbocycles. The van der Waals surface area contributed by atoms with E-state index in [9.17, 15) is 8.42 Å². The van der Waals surface area contributed by atoms with Crippen LogP contribution >= 0.6 is 11.3 Å². The Bertz CT molecular complexity index is 745. The van der Waals surface area contributed by atoms with Gasteiger partial charge in [0.25, 0.3) is 10.0 Å². The van der Waals surface area contributed by atoms with Crippen LogP contribution in [-0.2, 0) is 16.6 Å². The van der Waals surface area contributed by atoms with Gasteiger partial charge >= 0.3 is 0 Å². The third-order valence-electron chi connectivity index (χ3n) is 4.62. The Hall–Kier alpha value is -1.21. The molecule has 1 aliphatic heterocycles. The van der Waals surface area contributed by atoms with Crippen LogP contribution in [0.1, 0.15) is 30.9 Å². The van der Waals surface area contributed by atoms with Gasteiger partial charge in [0, 0.05) is 5.56 Å². The highest BCUT2D eigenvalue weighted by Crippen LogP contribution is 2.20. The maximum atomic E-state index is 12.5. The van der Waals surface area contributed by atoms with E-state index in [-0.39, 0.29) is 0 Å². The number of hydrogen-bond donors (Lipinski definition) is 1. The van der Waals surface area contributed by atoms with E-state index in [4.69, 9.17) is 0 Å². The molecule has 4 nitrogen and oxygen atoms in total. The molecule has 130 valence electrons. The van der Waals surface area contributed by atoms with Crippen molar-refractivity contribution in [3.05, 3.63) is 52.9 Å². The van der Waals surface area contributed by atoms with Gasteiger partial charge in [-0.2, -0.15) is 4.31 Å². The molecule has 24 heavy (non-hydrogen) atoms. The third-order valence-corrected chi connectivity index (χ3v) is 7.89. The van der Waals surface area contributed by atoms with Gasteiger partial charge < -0.3 is 4.90 Å². The summed E-state index contributed by atoms with van der Waals surface area (Å²) in [6.45, 7) is 8.28. The van der Waals surface area contributed by atoms with Gasteiger partial charge in [0.15, 0.2) is 0 Å². The van der Waals surface area contributed by atoms with Crippen molar-refractivity contribution < 1.29 is 13.3 Å². The van der Waals surface area contributed by atoms with Crippen molar-refractivity contribution in [2.45, 2.75) is 30.5 Å². The minimum atomic E-state index is -3.29. The highest BCUT2D eigenvalue weighted by molar-refractivity contribution is 7.91. The van der Waals surface area contributed by atoms with Gasteiger partial charge in [0.1, 0.15) is 10.8 Å². The molecule has 0 aliphatic carbocycles. The maximum absolute atomic E-state index is 12.5. The van der Waals surface area contributed by atoms with Crippen LogP contribution in [0.5, 0.6) is 0 Å². The average molecular weight is 366 g/mol. The molecular weight excluding hydrogens is 340 g/mol. The lowest BCUT2D eigenvalue weighted by Gasteiger charge is -2.31. The lowest BCUT2D eigenvalue weighted by Crippen LogP contribution is -3.13. The van der Waals surface area contributed by atoms with Gasteiger partial charge in [-0.25, -0.2) is 8.42 Å². The molecule has 0 spiro atoms. The number of piperazine rings is 1. The van der Waals surface area contributed by atoms with Crippen molar-refractivity contribution in [2.75, 3.05) is 26.2 Å². The Labute approximate surface area is 148 Å². The second kappa shape index (κ2) is 7.35. The fraction of sp³-hybridized carbons (Fsp3) is 0.444. The number of rotatable bonds is 5. The van der Waals surface area contributed by atoms with E-state index in [2.05, 4.69) is 38.1 Å². The normalized spacial score (nSPS) is 17.5. The molecule has 1 aliphatic rings. The summed E-state index contributed by atoms with van der Waals surface area (Å²) >= 11 is 1.29. The number of nitrogens with one attached hydrogen (secondary N) is 1. The van der Waals surface area contributed by atoms with Crippen LogP contribution in [0.15, 0.2) is 46.0 Å². The zero-order chi connectivity index (χ0) is 17.2. The maximum Gasteiger partial charge on any atom is 0.252 e. The van der Waals surface area contributed by atoms with Crippen molar-refractivity contribution in [1.82, 2.24) is 4.31 Å². The summed E-state index contributed by atoms with van der Waals surface area (Å²) in [5.41, 5.74) is 2.68. The van der Waals surface area contributed by atoms with Crippen molar-refractivity contribution in [3.63, 3.8) is 0 Å². The van der Waals surface area contributed by atoms with Crippen LogP contribution in [0.4, 0.5) is 0 Å². The summed E-state index contributed by atoms with van der Waals surface area (Å²) in [6.07, 6.45) is 0. The van der Waals surface area contributed by atoms with Crippen LogP contribution in [-0.4, -0.2) is 38.9 Å². The zero-order valence-electron chi connectivity index (χ0n) is 14.2. The number of nitrogens with zero attached hydrogens (tertiary/aromatic N) is 1. The average Bonchev–Trinajstić information content (AvgIpc) is 3.11. The number of sulfonamides is 1. The molecule has 0 radical (unpaired) electrons. The van der Waals surface area contributed by atoms with E-state index in [1.54, 1.807) is 16.4 Å². The zero-order valence-corrected chi connectivity index (χ0v) is 15.9. The van der Waals surface area contributed by atoms with E-state index >= 15 is 0 Å². The summed E-state index contributed by atoms with van der Waals surface area (Å²) in [5.74, 6) is 0.553. The molecule has 1 saturated heterocycles. The summed E-state index contributed by atoms with van der Waals surface area (Å²) < 4.78 is 27.2. The molecule has 0 amide bonds. The molecule has 1 aromatic heterocycles. The molecule has 6 heteroatoms. The summed E-state index contributed by atoms with van der Waals surface area (Å²) in [5, 5.41) is 1.81. The van der Waals surface area contributed by atoms with Crippen LogP contribution in [0.25, 0.3) is 0 Å². The predicted molar refractivity (Wildman–Crippen MR) is 98.0 cm³/mol. The number of hydrogen-bond acceptors (Lipinski definition) is 3. The largest absolute Gasteiger partial charge is 0.329 e. The first-order chi connectivity index (χ1) is 11.5. The second-order valence-corrected chi connectivity index (χ2v) is 9.77. The molecule has 1 fully saturated rings. The van der Waals surface area contributed by atoms with Crippen molar-refractivity contribution in [2.24, 2.45) is 0 Å². The third kappa shape index (κ3) is 3.88. The molecular formula is C18H25N2O2S2+. The van der Waals surface area contributed by atoms with E-state index in [0.29, 0.717) is 23.2 Å². The lowest BCUT2D eigenvalue weighted by molar-refractivity contribution is -0.917. The van der Waals surface area contributed by atoms with E-state index in [1.807, 2.05) is 5.38 Å². The van der Waals surface area contributed by atoms with Crippen LogP contribution in [0, 0.1) is 0 Å². The fourth-order valence-corrected chi connectivity index (χ4v) is 5.65. The molecule has 2 heterocycles. The standard InChI is InChI=1S/C18H24N2O2S2/c1-15(2)17-7-5-16(6-8-17)14-19-9-11-20(12-10-19)24(21,22)18-4-3-13-23-18/h3-8,13,15H,9-12,14H2,1-2H3/p+1. The predicted octanol–water partition coefficient (Wildman–Crippen LogP) is 1.96. The first-order valence-electron chi connectivity index (χ1n) is 8.43. The fourth-order valence-electron chi connectivity index (χ4n) is 3.07. The quantitative estimate of drug-likeness (QED) is 0.880. The SMILES string of the molecule is CC(C)c1ccc(C[NH+]2CCN(S(=O)(=O)c3cccs3)CC2)cc1. The Balaban J connectivity index is 1.57.